The van der Waals surface area contributed by atoms with Gasteiger partial charge in [0.25, 0.3) is 11.1 Å². The van der Waals surface area contributed by atoms with E-state index < -0.39 is 11.1 Å². The molecule has 2 amide bonds. The first-order valence-corrected chi connectivity index (χ1v) is 9.93. The molecule has 0 saturated carbocycles. The quantitative estimate of drug-likeness (QED) is 0.419. The first-order valence-electron chi connectivity index (χ1n) is 7.94. The SMILES string of the molecule is C#CCN1C(=O)S/C(=C/c2cc(Cl)c(OCc3ccccc3F)c(Br)c2)C1=O. The van der Waals surface area contributed by atoms with E-state index >= 15 is 0 Å². The molecular formula is C20H12BrClFNO3S. The molecule has 2 aromatic rings. The molecule has 1 saturated heterocycles. The molecule has 0 unspecified atom stereocenters. The maximum atomic E-state index is 13.7. The number of nitrogens with zero attached hydrogens (tertiary/aromatic N) is 1. The van der Waals surface area contributed by atoms with Gasteiger partial charge in [0.15, 0.2) is 5.75 Å². The van der Waals surface area contributed by atoms with E-state index in [9.17, 15) is 14.0 Å². The molecule has 4 nitrogen and oxygen atoms in total. The Bertz CT molecular complexity index is 1010. The fourth-order valence-electron chi connectivity index (χ4n) is 2.45. The predicted molar refractivity (Wildman–Crippen MR) is 111 cm³/mol. The monoisotopic (exact) mass is 479 g/mol. The molecule has 1 fully saturated rings. The van der Waals surface area contributed by atoms with Gasteiger partial charge in [0.1, 0.15) is 12.4 Å². The number of terminal acetylenes is 1. The van der Waals surface area contributed by atoms with Gasteiger partial charge in [-0.05, 0) is 57.5 Å². The first-order chi connectivity index (χ1) is 13.4. The maximum Gasteiger partial charge on any atom is 0.294 e. The topological polar surface area (TPSA) is 46.6 Å². The first kappa shape index (κ1) is 20.5. The summed E-state index contributed by atoms with van der Waals surface area (Å²) in [5.41, 5.74) is 0.998. The van der Waals surface area contributed by atoms with E-state index in [2.05, 4.69) is 21.9 Å². The van der Waals surface area contributed by atoms with E-state index in [4.69, 9.17) is 22.8 Å². The third-order valence-electron chi connectivity index (χ3n) is 3.77. The number of benzene rings is 2. The second kappa shape index (κ2) is 8.82. The molecule has 2 aromatic carbocycles. The van der Waals surface area contributed by atoms with Crippen LogP contribution < -0.4 is 4.74 Å². The van der Waals surface area contributed by atoms with Crippen molar-refractivity contribution in [1.29, 1.82) is 0 Å². The summed E-state index contributed by atoms with van der Waals surface area (Å²) in [6.07, 6.45) is 6.74. The highest BCUT2D eigenvalue weighted by Gasteiger charge is 2.34. The van der Waals surface area contributed by atoms with Crippen molar-refractivity contribution in [3.05, 3.63) is 67.7 Å². The van der Waals surface area contributed by atoms with E-state index in [1.54, 1.807) is 36.4 Å². The highest BCUT2D eigenvalue weighted by Crippen LogP contribution is 2.38. The average Bonchev–Trinajstić information content (AvgIpc) is 2.90. The zero-order valence-electron chi connectivity index (χ0n) is 14.2. The van der Waals surface area contributed by atoms with Crippen molar-refractivity contribution in [2.24, 2.45) is 0 Å². The summed E-state index contributed by atoms with van der Waals surface area (Å²) < 4.78 is 19.9. The number of carbonyl (C=O) groups is 2. The van der Waals surface area contributed by atoms with Crippen LogP contribution in [0.2, 0.25) is 5.02 Å². The highest BCUT2D eigenvalue weighted by atomic mass is 79.9. The summed E-state index contributed by atoms with van der Waals surface area (Å²) >= 11 is 10.5. The molecule has 0 radical (unpaired) electrons. The number of ether oxygens (including phenoxy) is 1. The molecule has 1 aliphatic rings. The van der Waals surface area contributed by atoms with Crippen molar-refractivity contribution in [3.8, 4) is 18.1 Å². The van der Waals surface area contributed by atoms with Crippen molar-refractivity contribution in [3.63, 3.8) is 0 Å². The molecule has 0 aliphatic carbocycles. The number of carbonyl (C=O) groups excluding carboxylic acids is 2. The van der Waals surface area contributed by atoms with E-state index in [1.807, 2.05) is 0 Å². The van der Waals surface area contributed by atoms with Crippen LogP contribution in [0, 0.1) is 18.2 Å². The summed E-state index contributed by atoms with van der Waals surface area (Å²) in [6, 6.07) is 9.58. The molecule has 0 bridgehead atoms. The molecular weight excluding hydrogens is 469 g/mol. The van der Waals surface area contributed by atoms with Gasteiger partial charge in [-0.3, -0.25) is 14.5 Å². The molecule has 0 aromatic heterocycles. The van der Waals surface area contributed by atoms with Crippen molar-refractivity contribution in [2.75, 3.05) is 6.54 Å². The zero-order valence-corrected chi connectivity index (χ0v) is 17.4. The van der Waals surface area contributed by atoms with Crippen LogP contribution in [0.25, 0.3) is 6.08 Å². The van der Waals surface area contributed by atoms with Crippen LogP contribution in [-0.2, 0) is 11.4 Å². The second-order valence-corrected chi connectivity index (χ2v) is 7.92. The lowest BCUT2D eigenvalue weighted by Gasteiger charge is -2.12. The van der Waals surface area contributed by atoms with E-state index in [0.29, 0.717) is 21.3 Å². The molecule has 0 spiro atoms. The van der Waals surface area contributed by atoms with Crippen molar-refractivity contribution in [2.45, 2.75) is 6.61 Å². The lowest BCUT2D eigenvalue weighted by molar-refractivity contribution is -0.122. The normalized spacial score (nSPS) is 15.2. The lowest BCUT2D eigenvalue weighted by atomic mass is 10.2. The highest BCUT2D eigenvalue weighted by molar-refractivity contribution is 9.10. The van der Waals surface area contributed by atoms with Crippen LogP contribution in [0.15, 0.2) is 45.8 Å². The number of hydrogen-bond donors (Lipinski definition) is 0. The van der Waals surface area contributed by atoms with Gasteiger partial charge in [0, 0.05) is 5.56 Å². The summed E-state index contributed by atoms with van der Waals surface area (Å²) in [7, 11) is 0. The Morgan fingerprint density at radius 2 is 2.07 bits per heavy atom. The fraction of sp³-hybridized carbons (Fsp3) is 0.100. The van der Waals surface area contributed by atoms with Gasteiger partial charge in [-0.2, -0.15) is 0 Å². The molecule has 28 heavy (non-hydrogen) atoms. The zero-order chi connectivity index (χ0) is 20.3. The average molecular weight is 481 g/mol. The Morgan fingerprint density at radius 3 is 2.75 bits per heavy atom. The van der Waals surface area contributed by atoms with E-state index in [-0.39, 0.29) is 28.9 Å². The molecule has 142 valence electrons. The Balaban J connectivity index is 1.81. The van der Waals surface area contributed by atoms with Crippen molar-refractivity contribution in [1.82, 2.24) is 4.90 Å². The molecule has 1 aliphatic heterocycles. The van der Waals surface area contributed by atoms with Crippen LogP contribution in [0.1, 0.15) is 11.1 Å². The van der Waals surface area contributed by atoms with Gasteiger partial charge in [-0.25, -0.2) is 4.39 Å². The summed E-state index contributed by atoms with van der Waals surface area (Å²) in [6.45, 7) is -0.0649. The Hall–Kier alpha value is -2.27. The summed E-state index contributed by atoms with van der Waals surface area (Å²) in [5.74, 6) is 1.82. The fourth-order valence-corrected chi connectivity index (χ4v) is 4.27. The van der Waals surface area contributed by atoms with Gasteiger partial charge < -0.3 is 4.74 Å². The second-order valence-electron chi connectivity index (χ2n) is 5.67. The molecule has 1 heterocycles. The van der Waals surface area contributed by atoms with Gasteiger partial charge in [-0.1, -0.05) is 35.7 Å². The lowest BCUT2D eigenvalue weighted by Crippen LogP contribution is -2.28. The predicted octanol–water partition coefficient (Wildman–Crippen LogP) is 5.49. The minimum Gasteiger partial charge on any atom is -0.486 e. The van der Waals surface area contributed by atoms with E-state index in [0.717, 1.165) is 16.7 Å². The maximum absolute atomic E-state index is 13.7. The van der Waals surface area contributed by atoms with Crippen LogP contribution in [0.3, 0.4) is 0 Å². The molecule has 3 rings (SSSR count). The summed E-state index contributed by atoms with van der Waals surface area (Å²) in [5, 5.41) is -0.135. The molecule has 0 N–H and O–H groups in total. The third kappa shape index (κ3) is 4.41. The van der Waals surface area contributed by atoms with Crippen molar-refractivity contribution < 1.29 is 18.7 Å². The smallest absolute Gasteiger partial charge is 0.294 e. The van der Waals surface area contributed by atoms with E-state index in [1.165, 1.54) is 6.07 Å². The molecule has 0 atom stereocenters. The largest absolute Gasteiger partial charge is 0.486 e. The summed E-state index contributed by atoms with van der Waals surface area (Å²) in [4.78, 5) is 25.4. The minimum absolute atomic E-state index is 0.00924. The van der Waals surface area contributed by atoms with Crippen LogP contribution in [-0.4, -0.2) is 22.6 Å². The Labute approximate surface area is 178 Å². The standard InChI is InChI=1S/C20H12BrClFNO3S/c1-2-7-24-19(25)17(28-20(24)26)10-12-8-14(21)18(15(22)9-12)27-11-13-5-3-4-6-16(13)23/h1,3-6,8-10H,7,11H2/b17-10+. The van der Waals surface area contributed by atoms with Crippen LogP contribution >= 0.6 is 39.3 Å². The van der Waals surface area contributed by atoms with Crippen LogP contribution in [0.5, 0.6) is 5.75 Å². The van der Waals surface area contributed by atoms with Gasteiger partial charge in [-0.15, -0.1) is 6.42 Å². The Kier molecular flexibility index (Phi) is 6.45. The minimum atomic E-state index is -0.444. The number of rotatable bonds is 5. The third-order valence-corrected chi connectivity index (χ3v) is 5.55. The number of thioether (sulfide) groups is 1. The number of halogens is 3. The Morgan fingerprint density at radius 1 is 1.32 bits per heavy atom. The molecule has 8 heteroatoms. The van der Waals surface area contributed by atoms with Gasteiger partial charge >= 0.3 is 0 Å². The van der Waals surface area contributed by atoms with Gasteiger partial charge in [0.05, 0.1) is 20.9 Å². The number of imide groups is 1. The number of amides is 2. The van der Waals surface area contributed by atoms with Gasteiger partial charge in [0.2, 0.25) is 0 Å². The number of hydrogen-bond acceptors (Lipinski definition) is 4. The van der Waals surface area contributed by atoms with Crippen molar-refractivity contribution >= 4 is 56.5 Å². The van der Waals surface area contributed by atoms with Crippen LogP contribution in [0.4, 0.5) is 9.18 Å².